The number of aryl methyl sites for hydroxylation is 1. The van der Waals surface area contributed by atoms with Gasteiger partial charge >= 0.3 is 7.12 Å². The lowest BCUT2D eigenvalue weighted by molar-refractivity contribution is 0.286. The van der Waals surface area contributed by atoms with Crippen LogP contribution >= 0.6 is 0 Å². The number of rotatable bonds is 5. The fraction of sp³-hybridized carbons (Fsp3) is 0.125. The molecule has 192 valence electrons. The average molecular weight is 514 g/mol. The van der Waals surface area contributed by atoms with E-state index in [2.05, 4.69) is 29.5 Å². The summed E-state index contributed by atoms with van der Waals surface area (Å²) in [7, 11) is -1.07. The molecule has 6 nitrogen and oxygen atoms in total. The van der Waals surface area contributed by atoms with Crippen molar-refractivity contribution in [3.05, 3.63) is 117 Å². The van der Waals surface area contributed by atoms with Gasteiger partial charge in [-0.25, -0.2) is 0 Å². The molecular weight excluding hydrogens is 487 g/mol. The highest BCUT2D eigenvalue weighted by atomic mass is 16.6. The van der Waals surface area contributed by atoms with E-state index >= 15 is 0 Å². The predicted molar refractivity (Wildman–Crippen MR) is 158 cm³/mol. The van der Waals surface area contributed by atoms with Crippen LogP contribution in [0.5, 0.6) is 0 Å². The van der Waals surface area contributed by atoms with Crippen LogP contribution in [0.2, 0.25) is 0 Å². The third-order valence-electron chi connectivity index (χ3n) is 7.21. The molecule has 1 atom stereocenters. The number of fused-ring (bicyclic) bond motifs is 2. The Labute approximate surface area is 226 Å². The zero-order valence-corrected chi connectivity index (χ0v) is 21.9. The van der Waals surface area contributed by atoms with Gasteiger partial charge in [0.05, 0.1) is 17.6 Å². The molecule has 7 heteroatoms. The van der Waals surface area contributed by atoms with E-state index in [9.17, 15) is 9.82 Å². The quantitative estimate of drug-likeness (QED) is 0.283. The fourth-order valence-electron chi connectivity index (χ4n) is 5.21. The van der Waals surface area contributed by atoms with E-state index in [-0.39, 0.29) is 11.5 Å². The van der Waals surface area contributed by atoms with Gasteiger partial charge in [-0.05, 0) is 55.7 Å². The molecule has 0 saturated carbocycles. The first-order chi connectivity index (χ1) is 18.9. The Morgan fingerprint density at radius 3 is 2.51 bits per heavy atom. The van der Waals surface area contributed by atoms with Gasteiger partial charge in [0, 0.05) is 33.4 Å². The number of nitrogens with zero attached hydrogens (tertiary/aromatic N) is 1. The first-order valence-electron chi connectivity index (χ1n) is 12.9. The van der Waals surface area contributed by atoms with E-state index < -0.39 is 7.12 Å². The van der Waals surface area contributed by atoms with Gasteiger partial charge in [-0.3, -0.25) is 4.79 Å². The maximum atomic E-state index is 13.5. The summed E-state index contributed by atoms with van der Waals surface area (Å²) >= 11 is 0. The topological polar surface area (TPSA) is 84.1 Å². The molecule has 1 unspecified atom stereocenters. The second-order valence-electron chi connectivity index (χ2n) is 9.93. The van der Waals surface area contributed by atoms with Crippen molar-refractivity contribution >= 4 is 35.5 Å². The van der Waals surface area contributed by atoms with Gasteiger partial charge in [0.25, 0.3) is 0 Å². The first-order valence-corrected chi connectivity index (χ1v) is 12.9. The highest BCUT2D eigenvalue weighted by Crippen LogP contribution is 2.35. The minimum absolute atomic E-state index is 0.0189. The molecule has 0 bridgehead atoms. The lowest BCUT2D eigenvalue weighted by Crippen LogP contribution is -2.37. The molecule has 39 heavy (non-hydrogen) atoms. The molecule has 0 radical (unpaired) electrons. The summed E-state index contributed by atoms with van der Waals surface area (Å²) in [6, 6.07) is 27.4. The SMILES string of the molecule is Cc1cc(C(C)Nc2ccccc2-c2ccc3c(c2)C=NOB3O)c2oc(-c3ccccc3)c(C)c(=O)c2c1. The Kier molecular flexibility index (Phi) is 6.29. The molecule has 2 N–H and O–H groups in total. The van der Waals surface area contributed by atoms with Gasteiger partial charge in [-0.15, -0.1) is 5.16 Å². The molecule has 1 aromatic heterocycles. The van der Waals surface area contributed by atoms with Crippen molar-refractivity contribution in [2.45, 2.75) is 26.8 Å². The molecule has 2 heterocycles. The van der Waals surface area contributed by atoms with Gasteiger partial charge in [-0.2, -0.15) is 0 Å². The van der Waals surface area contributed by atoms with Gasteiger partial charge in [0.15, 0.2) is 5.43 Å². The number of hydrogen-bond acceptors (Lipinski definition) is 6. The zero-order valence-electron chi connectivity index (χ0n) is 21.9. The number of anilines is 1. The summed E-state index contributed by atoms with van der Waals surface area (Å²) in [5.74, 6) is 0.590. The summed E-state index contributed by atoms with van der Waals surface area (Å²) in [4.78, 5) is 13.5. The molecular formula is C32H27BN2O4. The Morgan fingerprint density at radius 1 is 0.923 bits per heavy atom. The van der Waals surface area contributed by atoms with Crippen LogP contribution in [0.25, 0.3) is 33.4 Å². The highest BCUT2D eigenvalue weighted by molar-refractivity contribution is 6.62. The van der Waals surface area contributed by atoms with Crippen LogP contribution < -0.4 is 16.2 Å². The van der Waals surface area contributed by atoms with Crippen molar-refractivity contribution in [1.82, 2.24) is 0 Å². The molecule has 0 saturated heterocycles. The van der Waals surface area contributed by atoms with Crippen LogP contribution in [-0.4, -0.2) is 18.4 Å². The second-order valence-corrected chi connectivity index (χ2v) is 9.93. The van der Waals surface area contributed by atoms with Crippen molar-refractivity contribution in [3.8, 4) is 22.5 Å². The summed E-state index contributed by atoms with van der Waals surface area (Å²) in [5, 5.41) is 18.1. The van der Waals surface area contributed by atoms with E-state index in [4.69, 9.17) is 9.17 Å². The molecule has 4 aromatic carbocycles. The predicted octanol–water partition coefficient (Wildman–Crippen LogP) is 5.97. The Balaban J connectivity index is 1.43. The van der Waals surface area contributed by atoms with Crippen molar-refractivity contribution in [3.63, 3.8) is 0 Å². The molecule has 0 spiro atoms. The second kappa shape index (κ2) is 9.93. The van der Waals surface area contributed by atoms with Crippen LogP contribution in [0.15, 0.2) is 99.3 Å². The lowest BCUT2D eigenvalue weighted by atomic mass is 9.75. The van der Waals surface area contributed by atoms with Gasteiger partial charge in [0.2, 0.25) is 0 Å². The van der Waals surface area contributed by atoms with Crippen LogP contribution in [0.1, 0.15) is 35.2 Å². The summed E-state index contributed by atoms with van der Waals surface area (Å²) in [5.41, 5.74) is 8.35. The number of benzene rings is 4. The molecule has 0 aliphatic carbocycles. The third-order valence-corrected chi connectivity index (χ3v) is 7.21. The fourth-order valence-corrected chi connectivity index (χ4v) is 5.21. The number of nitrogens with one attached hydrogen (secondary N) is 1. The van der Waals surface area contributed by atoms with Gasteiger partial charge < -0.3 is 19.5 Å². The normalized spacial score (nSPS) is 13.2. The summed E-state index contributed by atoms with van der Waals surface area (Å²) < 4.78 is 11.5. The molecule has 1 aliphatic rings. The molecule has 0 fully saturated rings. The monoisotopic (exact) mass is 514 g/mol. The molecule has 0 amide bonds. The summed E-state index contributed by atoms with van der Waals surface area (Å²) in [6.45, 7) is 5.89. The average Bonchev–Trinajstić information content (AvgIpc) is 2.95. The first kappa shape index (κ1) is 24.7. The van der Waals surface area contributed by atoms with Crippen LogP contribution in [-0.2, 0) is 4.76 Å². The van der Waals surface area contributed by atoms with Gasteiger partial charge in [0.1, 0.15) is 11.3 Å². The van der Waals surface area contributed by atoms with Crippen molar-refractivity contribution < 1.29 is 14.2 Å². The molecule has 5 aromatic rings. The molecule has 6 rings (SSSR count). The van der Waals surface area contributed by atoms with Crippen molar-refractivity contribution in [2.75, 3.05) is 5.32 Å². The minimum Gasteiger partial charge on any atom is -0.455 e. The Morgan fingerprint density at radius 2 is 1.69 bits per heavy atom. The smallest absolute Gasteiger partial charge is 0.455 e. The highest BCUT2D eigenvalue weighted by Gasteiger charge is 2.25. The van der Waals surface area contributed by atoms with Crippen LogP contribution in [0.4, 0.5) is 5.69 Å². The third kappa shape index (κ3) is 4.51. The van der Waals surface area contributed by atoms with E-state index in [1.807, 2.05) is 86.6 Å². The van der Waals surface area contributed by atoms with E-state index in [1.54, 1.807) is 6.21 Å². The Bertz CT molecular complexity index is 1800. The minimum atomic E-state index is -1.07. The zero-order chi connectivity index (χ0) is 27.1. The summed E-state index contributed by atoms with van der Waals surface area (Å²) in [6.07, 6.45) is 1.61. The number of para-hydroxylation sites is 1. The van der Waals surface area contributed by atoms with E-state index in [1.165, 1.54) is 0 Å². The maximum absolute atomic E-state index is 13.5. The largest absolute Gasteiger partial charge is 0.583 e. The molecule has 1 aliphatic heterocycles. The van der Waals surface area contributed by atoms with Crippen molar-refractivity contribution in [2.24, 2.45) is 5.16 Å². The van der Waals surface area contributed by atoms with Crippen LogP contribution in [0, 0.1) is 13.8 Å². The Hall–Kier alpha value is -4.62. The number of oxime groups is 1. The lowest BCUT2D eigenvalue weighted by Gasteiger charge is -2.21. The van der Waals surface area contributed by atoms with E-state index in [0.717, 1.165) is 39.1 Å². The van der Waals surface area contributed by atoms with Gasteiger partial charge in [-0.1, -0.05) is 66.7 Å². The van der Waals surface area contributed by atoms with E-state index in [0.29, 0.717) is 27.8 Å². The van der Waals surface area contributed by atoms with Crippen LogP contribution in [0.3, 0.4) is 0 Å². The maximum Gasteiger partial charge on any atom is 0.583 e. The van der Waals surface area contributed by atoms with Crippen molar-refractivity contribution in [1.29, 1.82) is 0 Å². The standard InChI is InChI=1S/C32H27BN2O4/c1-19-15-26(32-27(16-19)30(36)20(2)31(38-32)22-9-5-4-6-10-22)21(3)35-29-12-8-7-11-25(29)23-13-14-28-24(17-23)18-34-39-33(28)37/h4-18,21,35,37H,1-3H3. The number of hydrogen-bond donors (Lipinski definition) is 2.